The minimum absolute atomic E-state index is 0.0175. The quantitative estimate of drug-likeness (QED) is 0.233. The van der Waals surface area contributed by atoms with Crippen molar-refractivity contribution in [3.8, 4) is 0 Å². The van der Waals surface area contributed by atoms with Crippen LogP contribution < -0.4 is 5.73 Å². The molecule has 0 spiro atoms. The fourth-order valence-electron chi connectivity index (χ4n) is 5.27. The molecule has 0 amide bonds. The van der Waals surface area contributed by atoms with Gasteiger partial charge in [0.15, 0.2) is 0 Å². The van der Waals surface area contributed by atoms with Crippen molar-refractivity contribution in [2.24, 2.45) is 33.8 Å². The normalized spacial score (nSPS) is 18.7. The number of nitrogens with two attached hydrogens (primary N) is 1. The van der Waals surface area contributed by atoms with Crippen LogP contribution in [0.1, 0.15) is 94.4 Å². The largest absolute Gasteiger partial charge is 0.327 e. The minimum atomic E-state index is -0.260. The summed E-state index contributed by atoms with van der Waals surface area (Å²) in [6.07, 6.45) is 9.82. The topological polar surface area (TPSA) is 26.0 Å². The molecule has 4 atom stereocenters. The summed E-state index contributed by atoms with van der Waals surface area (Å²) in [7, 11) is 0. The zero-order valence-corrected chi connectivity index (χ0v) is 21.3. The summed E-state index contributed by atoms with van der Waals surface area (Å²) in [4.78, 5) is 0.929. The fraction of sp³-hybridized carbons (Fsp3) is 0.769. The Morgan fingerprint density at radius 3 is 1.89 bits per heavy atom. The van der Waals surface area contributed by atoms with Crippen molar-refractivity contribution in [1.82, 2.24) is 0 Å². The molecule has 0 fully saturated rings. The first-order chi connectivity index (χ1) is 12.8. The maximum Gasteiger partial charge on any atom is 0.0215 e. The first kappa shape index (κ1) is 27.5. The predicted molar refractivity (Wildman–Crippen MR) is 133 cm³/mol. The van der Waals surface area contributed by atoms with Crippen LogP contribution in [0.25, 0.3) is 0 Å². The van der Waals surface area contributed by atoms with Gasteiger partial charge in [0.25, 0.3) is 0 Å². The Balaban J connectivity index is 6.94. The minimum Gasteiger partial charge on any atom is -0.327 e. The summed E-state index contributed by atoms with van der Waals surface area (Å²) in [5.41, 5.74) is 7.99. The van der Waals surface area contributed by atoms with Crippen molar-refractivity contribution in [3.63, 3.8) is 0 Å². The Kier molecular flexibility index (Phi) is 10.9. The smallest absolute Gasteiger partial charge is 0.0215 e. The maximum absolute atomic E-state index is 7.00. The van der Waals surface area contributed by atoms with E-state index in [2.05, 4.69) is 87.6 Å². The molecule has 0 aromatic carbocycles. The maximum atomic E-state index is 7.00. The second-order valence-corrected chi connectivity index (χ2v) is 10.4. The van der Waals surface area contributed by atoms with Gasteiger partial charge in [-0.25, -0.2) is 0 Å². The average Bonchev–Trinajstić information content (AvgIpc) is 2.61. The fourth-order valence-corrected chi connectivity index (χ4v) is 5.83. The van der Waals surface area contributed by atoms with E-state index in [4.69, 9.17) is 18.4 Å². The van der Waals surface area contributed by atoms with Gasteiger partial charge in [-0.1, -0.05) is 93.0 Å². The lowest BCUT2D eigenvalue weighted by Crippen LogP contribution is -2.59. The predicted octanol–water partition coefficient (Wildman–Crippen LogP) is 8.19. The zero-order chi connectivity index (χ0) is 22.3. The summed E-state index contributed by atoms with van der Waals surface area (Å²) in [5.74, 6) is 0.848. The SMILES string of the molecule is C=CC(C)C(C)(C=C(CC)CC)C(C)(C)C(CCC)(C(=C)S)C(N)CC(C)C. The van der Waals surface area contributed by atoms with Crippen LogP contribution in [0.3, 0.4) is 0 Å². The van der Waals surface area contributed by atoms with Gasteiger partial charge in [0.2, 0.25) is 0 Å². The second kappa shape index (κ2) is 11.1. The Morgan fingerprint density at radius 1 is 1.07 bits per heavy atom. The molecular weight excluding hydrogens is 358 g/mol. The summed E-state index contributed by atoms with van der Waals surface area (Å²) < 4.78 is 0. The van der Waals surface area contributed by atoms with Crippen molar-refractivity contribution in [3.05, 3.63) is 35.8 Å². The van der Waals surface area contributed by atoms with Gasteiger partial charge < -0.3 is 5.73 Å². The van der Waals surface area contributed by atoms with E-state index in [0.29, 0.717) is 11.8 Å². The first-order valence-corrected chi connectivity index (χ1v) is 11.7. The van der Waals surface area contributed by atoms with E-state index in [-0.39, 0.29) is 22.3 Å². The molecular formula is C26H49NS. The zero-order valence-electron chi connectivity index (χ0n) is 20.4. The molecule has 28 heavy (non-hydrogen) atoms. The molecule has 0 aromatic rings. The van der Waals surface area contributed by atoms with E-state index < -0.39 is 0 Å². The van der Waals surface area contributed by atoms with Crippen molar-refractivity contribution in [2.75, 3.05) is 0 Å². The first-order valence-electron chi connectivity index (χ1n) is 11.3. The Bertz CT molecular complexity index is 539. The molecule has 0 saturated heterocycles. The van der Waals surface area contributed by atoms with Crippen molar-refractivity contribution in [1.29, 1.82) is 0 Å². The molecule has 0 aromatic heterocycles. The van der Waals surface area contributed by atoms with Crippen LogP contribution in [-0.4, -0.2) is 6.04 Å². The highest BCUT2D eigenvalue weighted by atomic mass is 32.1. The summed E-state index contributed by atoms with van der Waals surface area (Å²) in [5, 5.41) is 0. The third-order valence-corrected chi connectivity index (χ3v) is 8.09. The molecule has 0 radical (unpaired) electrons. The van der Waals surface area contributed by atoms with E-state index >= 15 is 0 Å². The highest BCUT2D eigenvalue weighted by molar-refractivity contribution is 7.84. The highest BCUT2D eigenvalue weighted by Crippen LogP contribution is 2.63. The number of rotatable bonds is 13. The van der Waals surface area contributed by atoms with Crippen LogP contribution >= 0.6 is 12.6 Å². The molecule has 1 nitrogen and oxygen atoms in total. The van der Waals surface area contributed by atoms with Crippen LogP contribution in [0.5, 0.6) is 0 Å². The molecule has 4 unspecified atom stereocenters. The molecule has 0 rings (SSSR count). The van der Waals surface area contributed by atoms with Crippen LogP contribution in [0.15, 0.2) is 35.8 Å². The standard InChI is InChI=1S/C26H49NS/c1-12-16-26(21(8)28,23(27)17-19(5)6)24(9,10)25(11,20(7)13-2)18-22(14-3)15-4/h13,18-20,23,28H,2,8,12,14-17,27H2,1,3-7,9-11H3. The summed E-state index contributed by atoms with van der Waals surface area (Å²) in [6, 6.07) is 0.0175. The Morgan fingerprint density at radius 2 is 1.57 bits per heavy atom. The number of allylic oxidation sites excluding steroid dienone is 3. The Hall–Kier alpha value is -0.470. The van der Waals surface area contributed by atoms with Crippen molar-refractivity contribution in [2.45, 2.75) is 100 Å². The van der Waals surface area contributed by atoms with Crippen LogP contribution in [0, 0.1) is 28.1 Å². The third-order valence-electron chi connectivity index (χ3n) is 7.69. The summed E-state index contributed by atoms with van der Waals surface area (Å²) >= 11 is 4.91. The summed E-state index contributed by atoms with van der Waals surface area (Å²) in [6.45, 7) is 29.3. The molecule has 164 valence electrons. The van der Waals surface area contributed by atoms with Gasteiger partial charge in [0, 0.05) is 11.5 Å². The lowest BCUT2D eigenvalue weighted by molar-refractivity contribution is -0.0409. The molecule has 2 N–H and O–H groups in total. The molecule has 0 heterocycles. The third kappa shape index (κ3) is 5.17. The molecule has 0 saturated carbocycles. The average molecular weight is 408 g/mol. The van der Waals surface area contributed by atoms with Crippen LogP contribution in [0.4, 0.5) is 0 Å². The number of hydrogen-bond acceptors (Lipinski definition) is 2. The molecule has 0 aliphatic heterocycles. The lowest BCUT2D eigenvalue weighted by atomic mass is 9.45. The second-order valence-electron chi connectivity index (χ2n) is 9.85. The van der Waals surface area contributed by atoms with Gasteiger partial charge in [-0.15, -0.1) is 19.2 Å². The lowest BCUT2D eigenvalue weighted by Gasteiger charge is -2.60. The monoisotopic (exact) mass is 407 g/mol. The molecule has 0 aliphatic carbocycles. The van der Waals surface area contributed by atoms with E-state index in [1.54, 1.807) is 0 Å². The number of hydrogen-bond donors (Lipinski definition) is 2. The van der Waals surface area contributed by atoms with E-state index in [0.717, 1.165) is 37.0 Å². The van der Waals surface area contributed by atoms with Gasteiger partial charge in [-0.05, 0) is 53.3 Å². The van der Waals surface area contributed by atoms with Gasteiger partial charge in [-0.2, -0.15) is 0 Å². The Labute approximate surface area is 182 Å². The van der Waals surface area contributed by atoms with Gasteiger partial charge in [0.1, 0.15) is 0 Å². The highest BCUT2D eigenvalue weighted by Gasteiger charge is 2.58. The number of thiol groups is 1. The molecule has 2 heteroatoms. The molecule has 0 bridgehead atoms. The van der Waals surface area contributed by atoms with Gasteiger partial charge >= 0.3 is 0 Å². The van der Waals surface area contributed by atoms with Crippen molar-refractivity contribution < 1.29 is 0 Å². The van der Waals surface area contributed by atoms with Gasteiger partial charge in [-0.3, -0.25) is 0 Å². The van der Waals surface area contributed by atoms with E-state index in [9.17, 15) is 0 Å². The van der Waals surface area contributed by atoms with E-state index in [1.165, 1.54) is 5.57 Å². The van der Waals surface area contributed by atoms with Crippen LogP contribution in [-0.2, 0) is 0 Å². The molecule has 0 aliphatic rings. The van der Waals surface area contributed by atoms with Crippen LogP contribution in [0.2, 0.25) is 0 Å². The van der Waals surface area contributed by atoms with E-state index in [1.807, 2.05) is 0 Å². The van der Waals surface area contributed by atoms with Crippen molar-refractivity contribution >= 4 is 12.6 Å². The van der Waals surface area contributed by atoms with Gasteiger partial charge in [0.05, 0.1) is 0 Å².